The van der Waals surface area contributed by atoms with E-state index in [0.717, 1.165) is 79.8 Å². The first kappa shape index (κ1) is 26.2. The summed E-state index contributed by atoms with van der Waals surface area (Å²) in [6, 6.07) is 16.9. The monoisotopic (exact) mass is 543 g/mol. The average Bonchev–Trinajstić information content (AvgIpc) is 3.60. The molecule has 2 fully saturated rings. The number of aromatic nitrogens is 4. The molecule has 40 heavy (non-hydrogen) atoms. The smallest absolute Gasteiger partial charge is 0.320 e. The predicted octanol–water partition coefficient (Wildman–Crippen LogP) is 4.35. The highest BCUT2D eigenvalue weighted by molar-refractivity contribution is 5.72. The predicted molar refractivity (Wildman–Crippen MR) is 152 cm³/mol. The zero-order chi connectivity index (χ0) is 27.6. The molecule has 0 radical (unpaired) electrons. The number of halogens is 1. The molecule has 1 aromatic carbocycles. The van der Waals surface area contributed by atoms with E-state index in [-0.39, 0.29) is 23.9 Å². The van der Waals surface area contributed by atoms with E-state index in [1.54, 1.807) is 12.1 Å². The third kappa shape index (κ3) is 5.49. The van der Waals surface area contributed by atoms with E-state index >= 15 is 0 Å². The lowest BCUT2D eigenvalue weighted by atomic mass is 10.0. The summed E-state index contributed by atoms with van der Waals surface area (Å²) in [7, 11) is 0. The van der Waals surface area contributed by atoms with Gasteiger partial charge in [0.1, 0.15) is 23.1 Å². The van der Waals surface area contributed by atoms with Crippen LogP contribution in [0.2, 0.25) is 0 Å². The molecule has 0 bridgehead atoms. The number of nitrogens with zero attached hydrogens (tertiary/aromatic N) is 7. The zero-order valence-corrected chi connectivity index (χ0v) is 22.9. The molecule has 10 heteroatoms. The minimum Gasteiger partial charge on any atom is -0.462 e. The molecule has 2 aliphatic heterocycles. The second-order valence-electron chi connectivity index (χ2n) is 10.7. The molecule has 0 amide bonds. The number of hydrogen-bond acceptors (Lipinski definition) is 8. The highest BCUT2D eigenvalue weighted by atomic mass is 19.1. The molecule has 4 aromatic rings. The Kier molecular flexibility index (Phi) is 7.34. The minimum atomic E-state index is -0.217. The number of esters is 1. The van der Waals surface area contributed by atoms with Gasteiger partial charge in [-0.3, -0.25) is 9.69 Å². The van der Waals surface area contributed by atoms with E-state index in [1.165, 1.54) is 6.07 Å². The van der Waals surface area contributed by atoms with E-state index in [9.17, 15) is 9.18 Å². The fraction of sp³-hybridized carbons (Fsp3) is 0.400. The normalized spacial score (nSPS) is 18.1. The molecule has 0 N–H and O–H groups in total. The number of imidazole rings is 1. The van der Waals surface area contributed by atoms with Crippen LogP contribution in [0.3, 0.4) is 0 Å². The van der Waals surface area contributed by atoms with Crippen LogP contribution >= 0.6 is 0 Å². The fourth-order valence-corrected chi connectivity index (χ4v) is 5.65. The molecule has 9 nitrogen and oxygen atoms in total. The van der Waals surface area contributed by atoms with Crippen LogP contribution in [0.25, 0.3) is 17.0 Å². The number of anilines is 2. The molecular weight excluding hydrogens is 509 g/mol. The highest BCUT2D eigenvalue weighted by Gasteiger charge is 2.28. The number of pyridine rings is 1. The quantitative estimate of drug-likeness (QED) is 0.319. The molecular formula is C30H34FN7O2. The molecule has 0 spiro atoms. The number of rotatable bonds is 7. The van der Waals surface area contributed by atoms with Gasteiger partial charge in [0.15, 0.2) is 5.65 Å². The molecule has 0 saturated carbocycles. The number of carbonyl (C=O) groups is 1. The molecule has 208 valence electrons. The van der Waals surface area contributed by atoms with Gasteiger partial charge in [-0.2, -0.15) is 0 Å². The first-order chi connectivity index (χ1) is 19.4. The van der Waals surface area contributed by atoms with Crippen molar-refractivity contribution in [1.29, 1.82) is 0 Å². The highest BCUT2D eigenvalue weighted by Crippen LogP contribution is 2.35. The molecule has 1 unspecified atom stereocenters. The second kappa shape index (κ2) is 11.2. The molecule has 0 aliphatic carbocycles. The van der Waals surface area contributed by atoms with Crippen LogP contribution in [-0.2, 0) is 9.53 Å². The minimum absolute atomic E-state index is 0.0833. The van der Waals surface area contributed by atoms with Gasteiger partial charge in [-0.25, -0.2) is 18.9 Å². The van der Waals surface area contributed by atoms with Crippen LogP contribution in [0, 0.1) is 5.82 Å². The lowest BCUT2D eigenvalue weighted by Crippen LogP contribution is -2.48. The summed E-state index contributed by atoms with van der Waals surface area (Å²) in [5.41, 5.74) is 3.32. The molecule has 3 aromatic heterocycles. The van der Waals surface area contributed by atoms with E-state index in [2.05, 4.69) is 19.7 Å². The zero-order valence-electron chi connectivity index (χ0n) is 22.9. The van der Waals surface area contributed by atoms with Crippen molar-refractivity contribution in [3.8, 4) is 11.4 Å². The molecule has 2 aliphatic rings. The van der Waals surface area contributed by atoms with Crippen molar-refractivity contribution in [2.75, 3.05) is 49.1 Å². The van der Waals surface area contributed by atoms with Gasteiger partial charge in [-0.05, 0) is 68.7 Å². The SMILES string of the molecule is CC(C)OC(=O)CN1CCN(c2cccc(-c3cnc4ccc(N5CCCC5c5cccc(F)c5)nn34)n2)CC1. The van der Waals surface area contributed by atoms with Crippen LogP contribution in [0.1, 0.15) is 38.3 Å². The summed E-state index contributed by atoms with van der Waals surface area (Å²) in [4.78, 5) is 28.2. The third-order valence-corrected chi connectivity index (χ3v) is 7.54. The maximum Gasteiger partial charge on any atom is 0.320 e. The Morgan fingerprint density at radius 3 is 2.65 bits per heavy atom. The Balaban J connectivity index is 1.20. The number of ether oxygens (including phenoxy) is 1. The van der Waals surface area contributed by atoms with E-state index in [0.29, 0.717) is 6.54 Å². The van der Waals surface area contributed by atoms with Gasteiger partial charge in [0, 0.05) is 32.7 Å². The van der Waals surface area contributed by atoms with Crippen molar-refractivity contribution in [3.63, 3.8) is 0 Å². The first-order valence-corrected chi connectivity index (χ1v) is 14.0. The van der Waals surface area contributed by atoms with Crippen LogP contribution in [0.15, 0.2) is 60.8 Å². The largest absolute Gasteiger partial charge is 0.462 e. The van der Waals surface area contributed by atoms with Crippen molar-refractivity contribution in [3.05, 3.63) is 72.2 Å². The van der Waals surface area contributed by atoms with Crippen molar-refractivity contribution in [1.82, 2.24) is 24.5 Å². The van der Waals surface area contributed by atoms with Crippen molar-refractivity contribution >= 4 is 23.3 Å². The van der Waals surface area contributed by atoms with Crippen molar-refractivity contribution in [2.45, 2.75) is 38.8 Å². The maximum atomic E-state index is 14.0. The second-order valence-corrected chi connectivity index (χ2v) is 10.7. The Morgan fingerprint density at radius 2 is 1.85 bits per heavy atom. The molecule has 1 atom stereocenters. The Hall–Kier alpha value is -4.05. The van der Waals surface area contributed by atoms with Crippen LogP contribution in [0.5, 0.6) is 0 Å². The third-order valence-electron chi connectivity index (χ3n) is 7.54. The topological polar surface area (TPSA) is 79.1 Å². The van der Waals surface area contributed by atoms with Crippen LogP contribution in [-0.4, -0.2) is 75.8 Å². The summed E-state index contributed by atoms with van der Waals surface area (Å²) in [5.74, 6) is 1.32. The lowest BCUT2D eigenvalue weighted by Gasteiger charge is -2.35. The summed E-state index contributed by atoms with van der Waals surface area (Å²) in [5, 5.41) is 4.97. The van der Waals surface area contributed by atoms with Crippen LogP contribution < -0.4 is 9.80 Å². The van der Waals surface area contributed by atoms with Crippen molar-refractivity contribution < 1.29 is 13.9 Å². The number of carbonyl (C=O) groups excluding carboxylic acids is 1. The van der Waals surface area contributed by atoms with Crippen molar-refractivity contribution in [2.24, 2.45) is 0 Å². The summed E-state index contributed by atoms with van der Waals surface area (Å²) in [6.07, 6.45) is 3.68. The van der Waals surface area contributed by atoms with E-state index in [4.69, 9.17) is 14.8 Å². The molecule has 5 heterocycles. The summed E-state index contributed by atoms with van der Waals surface area (Å²) >= 11 is 0. The van der Waals surface area contributed by atoms with Gasteiger partial charge in [0.05, 0.1) is 30.6 Å². The number of benzene rings is 1. The van der Waals surface area contributed by atoms with Gasteiger partial charge in [-0.1, -0.05) is 18.2 Å². The number of hydrogen-bond donors (Lipinski definition) is 0. The van der Waals surface area contributed by atoms with E-state index < -0.39 is 0 Å². The lowest BCUT2D eigenvalue weighted by molar-refractivity contribution is -0.148. The number of fused-ring (bicyclic) bond motifs is 1. The summed E-state index contributed by atoms with van der Waals surface area (Å²) < 4.78 is 21.1. The van der Waals surface area contributed by atoms with Gasteiger partial charge >= 0.3 is 5.97 Å². The van der Waals surface area contributed by atoms with Gasteiger partial charge in [0.2, 0.25) is 0 Å². The van der Waals surface area contributed by atoms with Gasteiger partial charge < -0.3 is 14.5 Å². The summed E-state index contributed by atoms with van der Waals surface area (Å²) in [6.45, 7) is 7.99. The number of piperazine rings is 1. The fourth-order valence-electron chi connectivity index (χ4n) is 5.65. The Morgan fingerprint density at radius 1 is 1.02 bits per heavy atom. The average molecular weight is 544 g/mol. The molecule has 2 saturated heterocycles. The molecule has 6 rings (SSSR count). The Bertz CT molecular complexity index is 1500. The first-order valence-electron chi connectivity index (χ1n) is 14.0. The van der Waals surface area contributed by atoms with Gasteiger partial charge in [-0.15, -0.1) is 5.10 Å². The Labute approximate surface area is 233 Å². The van der Waals surface area contributed by atoms with E-state index in [1.807, 2.05) is 61.0 Å². The maximum absolute atomic E-state index is 14.0. The standard InChI is InChI=1S/C30H34FN7O2/c1-21(2)40-30(39)20-35-14-16-36(17-15-35)28-10-4-8-24(33-28)26-19-32-27-11-12-29(34-38(26)27)37-13-5-9-25(37)22-6-3-7-23(31)18-22/h3-4,6-8,10-12,18-19,21,25H,5,9,13-17,20H2,1-2H3. The van der Waals surface area contributed by atoms with Gasteiger partial charge in [0.25, 0.3) is 0 Å². The van der Waals surface area contributed by atoms with Crippen LogP contribution in [0.4, 0.5) is 16.0 Å².